The molecule has 0 spiro atoms. The van der Waals surface area contributed by atoms with Crippen molar-refractivity contribution >= 4 is 28.9 Å². The van der Waals surface area contributed by atoms with Gasteiger partial charge in [0.05, 0.1) is 6.61 Å². The number of amides is 1. The van der Waals surface area contributed by atoms with Gasteiger partial charge in [-0.3, -0.25) is 4.79 Å². The highest BCUT2D eigenvalue weighted by molar-refractivity contribution is 6.30. The second-order valence-electron chi connectivity index (χ2n) is 6.74. The maximum Gasteiger partial charge on any atom is 0.221 e. The molecule has 3 rings (SSSR count). The summed E-state index contributed by atoms with van der Waals surface area (Å²) in [5.41, 5.74) is 3.84. The summed E-state index contributed by atoms with van der Waals surface area (Å²) in [6.07, 6.45) is 0. The summed E-state index contributed by atoms with van der Waals surface area (Å²) in [5.74, 6) is 1.33. The molecule has 3 aromatic carbocycles. The Hall–Kier alpha value is -3.18. The van der Waals surface area contributed by atoms with Crippen molar-refractivity contribution < 1.29 is 14.3 Å². The van der Waals surface area contributed by atoms with Gasteiger partial charge < -0.3 is 20.1 Å². The number of carbonyl (C=O) groups excluding carboxylic acids is 1. The van der Waals surface area contributed by atoms with Crippen molar-refractivity contribution in [3.63, 3.8) is 0 Å². The average molecular weight is 425 g/mol. The Morgan fingerprint density at radius 1 is 0.867 bits per heavy atom. The van der Waals surface area contributed by atoms with Crippen molar-refractivity contribution in [2.24, 2.45) is 0 Å². The lowest BCUT2D eigenvalue weighted by atomic mass is 10.2. The maximum absolute atomic E-state index is 11.1. The van der Waals surface area contributed by atoms with Crippen molar-refractivity contribution in [2.75, 3.05) is 17.2 Å². The Kier molecular flexibility index (Phi) is 7.57. The minimum Gasteiger partial charge on any atom is -0.490 e. The molecule has 0 aliphatic heterocycles. The van der Waals surface area contributed by atoms with Gasteiger partial charge in [-0.2, -0.15) is 0 Å². The topological polar surface area (TPSA) is 59.6 Å². The Bertz CT molecular complexity index is 973. The summed E-state index contributed by atoms with van der Waals surface area (Å²) in [6.45, 7) is 5.07. The molecule has 1 amide bonds. The quantitative estimate of drug-likeness (QED) is 0.449. The number of carbonyl (C=O) groups is 1. The van der Waals surface area contributed by atoms with Crippen LogP contribution in [0.25, 0.3) is 0 Å². The van der Waals surface area contributed by atoms with Gasteiger partial charge in [-0.05, 0) is 66.6 Å². The van der Waals surface area contributed by atoms with E-state index in [0.717, 1.165) is 22.5 Å². The SMILES string of the molecule is CCOc1cc(CNc2ccc(NC(C)=O)cc2)ccc1OCc1ccc(Cl)cc1. The third-order valence-electron chi connectivity index (χ3n) is 4.32. The van der Waals surface area contributed by atoms with Crippen molar-refractivity contribution in [2.45, 2.75) is 27.0 Å². The molecular weight excluding hydrogens is 400 g/mol. The van der Waals surface area contributed by atoms with E-state index < -0.39 is 0 Å². The Morgan fingerprint density at radius 2 is 1.53 bits per heavy atom. The standard InChI is InChI=1S/C24H25ClN2O3/c1-3-29-24-14-19(15-26-21-9-11-22(12-10-21)27-17(2)28)6-13-23(24)30-16-18-4-7-20(25)8-5-18/h4-14,26H,3,15-16H2,1-2H3,(H,27,28). The zero-order valence-corrected chi connectivity index (χ0v) is 17.8. The van der Waals surface area contributed by atoms with Gasteiger partial charge in [-0.15, -0.1) is 0 Å². The van der Waals surface area contributed by atoms with Gasteiger partial charge in [0.2, 0.25) is 5.91 Å². The van der Waals surface area contributed by atoms with Gasteiger partial charge in [0.1, 0.15) is 6.61 Å². The number of ether oxygens (including phenoxy) is 2. The Balaban J connectivity index is 1.62. The Morgan fingerprint density at radius 3 is 2.20 bits per heavy atom. The highest BCUT2D eigenvalue weighted by atomic mass is 35.5. The number of halogens is 1. The van der Waals surface area contributed by atoms with E-state index in [1.54, 1.807) is 0 Å². The first-order chi connectivity index (χ1) is 14.5. The number of rotatable bonds is 9. The van der Waals surface area contributed by atoms with Crippen LogP contribution in [-0.2, 0) is 17.9 Å². The number of nitrogens with one attached hydrogen (secondary N) is 2. The molecule has 30 heavy (non-hydrogen) atoms. The first kappa shape index (κ1) is 21.5. The van der Waals surface area contributed by atoms with E-state index in [9.17, 15) is 4.79 Å². The molecule has 156 valence electrons. The van der Waals surface area contributed by atoms with Crippen LogP contribution in [-0.4, -0.2) is 12.5 Å². The lowest BCUT2D eigenvalue weighted by Gasteiger charge is -2.14. The minimum absolute atomic E-state index is 0.0856. The lowest BCUT2D eigenvalue weighted by Crippen LogP contribution is -2.06. The van der Waals surface area contributed by atoms with Gasteiger partial charge in [0.15, 0.2) is 11.5 Å². The molecule has 6 heteroatoms. The van der Waals surface area contributed by atoms with Crippen LogP contribution in [0.1, 0.15) is 25.0 Å². The molecule has 0 saturated heterocycles. The van der Waals surface area contributed by atoms with Gasteiger partial charge in [0, 0.05) is 29.9 Å². The summed E-state index contributed by atoms with van der Waals surface area (Å²) >= 11 is 5.93. The summed E-state index contributed by atoms with van der Waals surface area (Å²) in [7, 11) is 0. The Labute approximate surface area is 182 Å². The van der Waals surface area contributed by atoms with Crippen LogP contribution in [0.15, 0.2) is 66.7 Å². The van der Waals surface area contributed by atoms with E-state index in [2.05, 4.69) is 10.6 Å². The second-order valence-corrected chi connectivity index (χ2v) is 7.18. The van der Waals surface area contributed by atoms with Crippen molar-refractivity contribution in [3.05, 3.63) is 82.9 Å². The number of benzene rings is 3. The summed E-state index contributed by atoms with van der Waals surface area (Å²) in [5, 5.41) is 6.83. The largest absolute Gasteiger partial charge is 0.490 e. The molecule has 0 unspecified atom stereocenters. The first-order valence-electron chi connectivity index (χ1n) is 9.78. The monoisotopic (exact) mass is 424 g/mol. The maximum atomic E-state index is 11.1. The second kappa shape index (κ2) is 10.6. The van der Waals surface area contributed by atoms with E-state index in [-0.39, 0.29) is 5.91 Å². The predicted octanol–water partition coefficient (Wildman–Crippen LogP) is 5.89. The fraction of sp³-hybridized carbons (Fsp3) is 0.208. The van der Waals surface area contributed by atoms with E-state index in [1.807, 2.05) is 73.7 Å². The zero-order chi connectivity index (χ0) is 21.3. The van der Waals surface area contributed by atoms with E-state index in [4.69, 9.17) is 21.1 Å². The molecular formula is C24H25ClN2O3. The smallest absolute Gasteiger partial charge is 0.221 e. The molecule has 0 aromatic heterocycles. The molecule has 0 fully saturated rings. The third kappa shape index (κ3) is 6.42. The molecule has 0 aliphatic rings. The van der Waals surface area contributed by atoms with Gasteiger partial charge in [-0.25, -0.2) is 0 Å². The average Bonchev–Trinajstić information content (AvgIpc) is 2.73. The normalized spacial score (nSPS) is 10.4. The number of hydrogen-bond acceptors (Lipinski definition) is 4. The summed E-state index contributed by atoms with van der Waals surface area (Å²) < 4.78 is 11.7. The van der Waals surface area contributed by atoms with Crippen LogP contribution in [0.5, 0.6) is 11.5 Å². The molecule has 5 nitrogen and oxygen atoms in total. The van der Waals surface area contributed by atoms with Crippen LogP contribution >= 0.6 is 11.6 Å². The molecule has 3 aromatic rings. The van der Waals surface area contributed by atoms with Crippen molar-refractivity contribution in [1.29, 1.82) is 0 Å². The molecule has 2 N–H and O–H groups in total. The highest BCUT2D eigenvalue weighted by Crippen LogP contribution is 2.30. The minimum atomic E-state index is -0.0856. The van der Waals surface area contributed by atoms with E-state index in [1.165, 1.54) is 6.92 Å². The number of anilines is 2. The molecule has 0 heterocycles. The molecule has 0 atom stereocenters. The van der Waals surface area contributed by atoms with Gasteiger partial charge in [-0.1, -0.05) is 29.8 Å². The third-order valence-corrected chi connectivity index (χ3v) is 4.57. The van der Waals surface area contributed by atoms with Crippen LogP contribution in [0.3, 0.4) is 0 Å². The van der Waals surface area contributed by atoms with Crippen LogP contribution in [0, 0.1) is 0 Å². The first-order valence-corrected chi connectivity index (χ1v) is 10.2. The van der Waals surface area contributed by atoms with Crippen LogP contribution < -0.4 is 20.1 Å². The zero-order valence-electron chi connectivity index (χ0n) is 17.1. The van der Waals surface area contributed by atoms with Gasteiger partial charge in [0.25, 0.3) is 0 Å². The van der Waals surface area contributed by atoms with Crippen LogP contribution in [0.4, 0.5) is 11.4 Å². The molecule has 0 bridgehead atoms. The fourth-order valence-corrected chi connectivity index (χ4v) is 3.00. The number of hydrogen-bond donors (Lipinski definition) is 2. The van der Waals surface area contributed by atoms with E-state index >= 15 is 0 Å². The van der Waals surface area contributed by atoms with Crippen molar-refractivity contribution in [1.82, 2.24) is 0 Å². The highest BCUT2D eigenvalue weighted by Gasteiger charge is 2.08. The fourth-order valence-electron chi connectivity index (χ4n) is 2.87. The van der Waals surface area contributed by atoms with Crippen molar-refractivity contribution in [3.8, 4) is 11.5 Å². The summed E-state index contributed by atoms with van der Waals surface area (Å²) in [6, 6.07) is 21.1. The summed E-state index contributed by atoms with van der Waals surface area (Å²) in [4.78, 5) is 11.1. The molecule has 0 aliphatic carbocycles. The predicted molar refractivity (Wildman–Crippen MR) is 121 cm³/mol. The van der Waals surface area contributed by atoms with Crippen LogP contribution in [0.2, 0.25) is 5.02 Å². The molecule has 0 radical (unpaired) electrons. The lowest BCUT2D eigenvalue weighted by molar-refractivity contribution is -0.114. The van der Waals surface area contributed by atoms with E-state index in [0.29, 0.717) is 36.3 Å². The van der Waals surface area contributed by atoms with Gasteiger partial charge >= 0.3 is 0 Å². The molecule has 0 saturated carbocycles.